The first-order chi connectivity index (χ1) is 10.1. The lowest BCUT2D eigenvalue weighted by atomic mass is 10.0. The Morgan fingerprint density at radius 1 is 1.00 bits per heavy atom. The van der Waals surface area contributed by atoms with E-state index in [0.717, 1.165) is 24.1 Å². The van der Waals surface area contributed by atoms with Crippen LogP contribution in [0.5, 0.6) is 0 Å². The second kappa shape index (κ2) is 7.28. The van der Waals surface area contributed by atoms with Gasteiger partial charge in [-0.25, -0.2) is 0 Å². The molecule has 0 aliphatic heterocycles. The fraction of sp³-hybridized carbons (Fsp3) is 0.278. The molecule has 0 aliphatic rings. The van der Waals surface area contributed by atoms with Crippen molar-refractivity contribution in [2.45, 2.75) is 33.1 Å². The summed E-state index contributed by atoms with van der Waals surface area (Å²) in [5.74, 6) is 0.00734. The number of amides is 1. The highest BCUT2D eigenvalue weighted by molar-refractivity contribution is 6.30. The molecule has 0 saturated heterocycles. The van der Waals surface area contributed by atoms with Crippen LogP contribution in [0, 0.1) is 0 Å². The summed E-state index contributed by atoms with van der Waals surface area (Å²) in [4.78, 5) is 12.3. The third-order valence-corrected chi connectivity index (χ3v) is 3.79. The summed E-state index contributed by atoms with van der Waals surface area (Å²) in [5, 5.41) is 3.76. The molecule has 0 radical (unpaired) electrons. The lowest BCUT2D eigenvalue weighted by Crippen LogP contribution is -2.16. The largest absolute Gasteiger partial charge is 0.325 e. The van der Waals surface area contributed by atoms with Crippen LogP contribution in [0.1, 0.15) is 30.5 Å². The topological polar surface area (TPSA) is 29.1 Å². The van der Waals surface area contributed by atoms with E-state index in [9.17, 15) is 4.79 Å². The van der Waals surface area contributed by atoms with Crippen molar-refractivity contribution in [2.75, 3.05) is 5.32 Å². The first-order valence-corrected chi connectivity index (χ1v) is 7.66. The first kappa shape index (κ1) is 15.6. The van der Waals surface area contributed by atoms with Gasteiger partial charge in [0.05, 0.1) is 6.42 Å². The number of hydrogen-bond acceptors (Lipinski definition) is 1. The number of rotatable bonds is 5. The summed E-state index contributed by atoms with van der Waals surface area (Å²) in [7, 11) is 0. The molecular formula is C18H20ClNO. The Labute approximate surface area is 131 Å². The minimum Gasteiger partial charge on any atom is -0.325 e. The molecule has 0 saturated carbocycles. The standard InChI is InChI=1S/C18H20ClNO/c1-3-14-6-5-7-15(4-2)18(14)20-17(21)12-13-8-10-16(19)11-9-13/h5-11H,3-4,12H2,1-2H3,(H,20,21). The van der Waals surface area contributed by atoms with E-state index in [1.807, 2.05) is 30.3 Å². The van der Waals surface area contributed by atoms with Crippen LogP contribution in [0.25, 0.3) is 0 Å². The first-order valence-electron chi connectivity index (χ1n) is 7.29. The monoisotopic (exact) mass is 301 g/mol. The van der Waals surface area contributed by atoms with Crippen molar-refractivity contribution in [1.29, 1.82) is 0 Å². The Balaban J connectivity index is 2.14. The van der Waals surface area contributed by atoms with Crippen molar-refractivity contribution in [1.82, 2.24) is 0 Å². The van der Waals surface area contributed by atoms with E-state index in [1.165, 1.54) is 11.1 Å². The third kappa shape index (κ3) is 4.08. The molecular weight excluding hydrogens is 282 g/mol. The lowest BCUT2D eigenvalue weighted by molar-refractivity contribution is -0.115. The zero-order valence-electron chi connectivity index (χ0n) is 12.4. The van der Waals surface area contributed by atoms with Crippen molar-refractivity contribution < 1.29 is 4.79 Å². The summed E-state index contributed by atoms with van der Waals surface area (Å²) >= 11 is 5.86. The molecule has 0 heterocycles. The number of halogens is 1. The maximum Gasteiger partial charge on any atom is 0.228 e. The zero-order valence-corrected chi connectivity index (χ0v) is 13.2. The van der Waals surface area contributed by atoms with Crippen molar-refractivity contribution in [3.63, 3.8) is 0 Å². The van der Waals surface area contributed by atoms with Gasteiger partial charge in [-0.3, -0.25) is 4.79 Å². The van der Waals surface area contributed by atoms with Gasteiger partial charge in [-0.2, -0.15) is 0 Å². The summed E-state index contributed by atoms with van der Waals surface area (Å²) < 4.78 is 0. The molecule has 1 N–H and O–H groups in total. The molecule has 2 rings (SSSR count). The Hall–Kier alpha value is -1.80. The number of benzene rings is 2. The molecule has 110 valence electrons. The van der Waals surface area contributed by atoms with E-state index in [1.54, 1.807) is 0 Å². The average molecular weight is 302 g/mol. The van der Waals surface area contributed by atoms with Gasteiger partial charge < -0.3 is 5.32 Å². The lowest BCUT2D eigenvalue weighted by Gasteiger charge is -2.14. The molecule has 21 heavy (non-hydrogen) atoms. The second-order valence-corrected chi connectivity index (χ2v) is 5.45. The molecule has 2 aromatic rings. The van der Waals surface area contributed by atoms with E-state index >= 15 is 0 Å². The summed E-state index contributed by atoms with van der Waals surface area (Å²) in [5.41, 5.74) is 4.29. The SMILES string of the molecule is CCc1cccc(CC)c1NC(=O)Cc1ccc(Cl)cc1. The van der Waals surface area contributed by atoms with Crippen molar-refractivity contribution >= 4 is 23.2 Å². The van der Waals surface area contributed by atoms with Crippen LogP contribution >= 0.6 is 11.6 Å². The van der Waals surface area contributed by atoms with Gasteiger partial charge in [0.1, 0.15) is 0 Å². The average Bonchev–Trinajstić information content (AvgIpc) is 2.49. The van der Waals surface area contributed by atoms with Crippen LogP contribution in [-0.2, 0) is 24.1 Å². The number of carbonyl (C=O) groups excluding carboxylic acids is 1. The van der Waals surface area contributed by atoms with Gasteiger partial charge >= 0.3 is 0 Å². The minimum absolute atomic E-state index is 0.00734. The predicted molar refractivity (Wildman–Crippen MR) is 89.0 cm³/mol. The van der Waals surface area contributed by atoms with Gasteiger partial charge in [0.2, 0.25) is 5.91 Å². The van der Waals surface area contributed by atoms with E-state index < -0.39 is 0 Å². The maximum atomic E-state index is 12.3. The van der Waals surface area contributed by atoms with Crippen LogP contribution in [0.2, 0.25) is 5.02 Å². The molecule has 1 amide bonds. The molecule has 0 aromatic heterocycles. The third-order valence-electron chi connectivity index (χ3n) is 3.54. The number of para-hydroxylation sites is 1. The quantitative estimate of drug-likeness (QED) is 0.856. The fourth-order valence-electron chi connectivity index (χ4n) is 2.37. The van der Waals surface area contributed by atoms with E-state index in [4.69, 9.17) is 11.6 Å². The van der Waals surface area contributed by atoms with Gasteiger partial charge in [0, 0.05) is 10.7 Å². The summed E-state index contributed by atoms with van der Waals surface area (Å²) in [6.07, 6.45) is 2.17. The Bertz CT molecular complexity index is 597. The Morgan fingerprint density at radius 2 is 1.57 bits per heavy atom. The highest BCUT2D eigenvalue weighted by Gasteiger charge is 2.10. The second-order valence-electron chi connectivity index (χ2n) is 5.01. The number of anilines is 1. The Morgan fingerprint density at radius 3 is 2.10 bits per heavy atom. The number of carbonyl (C=O) groups is 1. The highest BCUT2D eigenvalue weighted by atomic mass is 35.5. The maximum absolute atomic E-state index is 12.3. The fourth-order valence-corrected chi connectivity index (χ4v) is 2.50. The molecule has 0 bridgehead atoms. The van der Waals surface area contributed by atoms with E-state index in [-0.39, 0.29) is 5.91 Å². The number of hydrogen-bond donors (Lipinski definition) is 1. The molecule has 0 aliphatic carbocycles. The van der Waals surface area contributed by atoms with Crippen LogP contribution in [0.3, 0.4) is 0 Å². The van der Waals surface area contributed by atoms with Crippen LogP contribution in [0.4, 0.5) is 5.69 Å². The molecule has 0 unspecified atom stereocenters. The van der Waals surface area contributed by atoms with Crippen molar-refractivity contribution in [3.8, 4) is 0 Å². The molecule has 0 atom stereocenters. The molecule has 2 aromatic carbocycles. The molecule has 0 spiro atoms. The zero-order chi connectivity index (χ0) is 15.2. The van der Waals surface area contributed by atoms with Gasteiger partial charge in [0.25, 0.3) is 0 Å². The van der Waals surface area contributed by atoms with Crippen LogP contribution < -0.4 is 5.32 Å². The minimum atomic E-state index is 0.00734. The smallest absolute Gasteiger partial charge is 0.228 e. The van der Waals surface area contributed by atoms with E-state index in [0.29, 0.717) is 11.4 Å². The van der Waals surface area contributed by atoms with Gasteiger partial charge in [-0.05, 0) is 41.7 Å². The predicted octanol–water partition coefficient (Wildman–Crippen LogP) is 4.65. The van der Waals surface area contributed by atoms with Gasteiger partial charge in [0.15, 0.2) is 0 Å². The van der Waals surface area contributed by atoms with Crippen LogP contribution in [-0.4, -0.2) is 5.91 Å². The number of aryl methyl sites for hydroxylation is 2. The normalized spacial score (nSPS) is 10.4. The molecule has 0 fully saturated rings. The highest BCUT2D eigenvalue weighted by Crippen LogP contribution is 2.23. The van der Waals surface area contributed by atoms with Crippen LogP contribution in [0.15, 0.2) is 42.5 Å². The van der Waals surface area contributed by atoms with Gasteiger partial charge in [-0.1, -0.05) is 55.8 Å². The Kier molecular flexibility index (Phi) is 5.40. The summed E-state index contributed by atoms with van der Waals surface area (Å²) in [6.45, 7) is 4.20. The van der Waals surface area contributed by atoms with Crippen molar-refractivity contribution in [3.05, 3.63) is 64.2 Å². The summed E-state index contributed by atoms with van der Waals surface area (Å²) in [6, 6.07) is 13.6. The molecule has 2 nitrogen and oxygen atoms in total. The number of nitrogens with one attached hydrogen (secondary N) is 1. The van der Waals surface area contributed by atoms with Gasteiger partial charge in [-0.15, -0.1) is 0 Å². The van der Waals surface area contributed by atoms with E-state index in [2.05, 4.69) is 31.3 Å². The van der Waals surface area contributed by atoms with Crippen molar-refractivity contribution in [2.24, 2.45) is 0 Å². The molecule has 3 heteroatoms.